The van der Waals surface area contributed by atoms with Crippen molar-refractivity contribution in [3.05, 3.63) is 34.9 Å². The number of nitrogens with one attached hydrogen (secondary N) is 1. The summed E-state index contributed by atoms with van der Waals surface area (Å²) in [6.45, 7) is 2.06. The molecular weight excluding hydrogens is 348 g/mol. The summed E-state index contributed by atoms with van der Waals surface area (Å²) in [5, 5.41) is 18.9. The van der Waals surface area contributed by atoms with Crippen molar-refractivity contribution in [1.29, 1.82) is 0 Å². The molecule has 25 heavy (non-hydrogen) atoms. The Hall–Kier alpha value is -2.12. The number of hydroxylamine groups is 1. The van der Waals surface area contributed by atoms with Gasteiger partial charge in [0, 0.05) is 11.6 Å². The molecule has 1 aliphatic heterocycles. The number of aliphatic carboxylic acids is 1. The van der Waals surface area contributed by atoms with Crippen molar-refractivity contribution in [3.63, 3.8) is 0 Å². The Morgan fingerprint density at radius 3 is 2.48 bits per heavy atom. The molecule has 2 amide bonds. The van der Waals surface area contributed by atoms with Crippen LogP contribution >= 0.6 is 11.6 Å². The molecule has 0 aromatic heterocycles. The highest BCUT2D eigenvalue weighted by Gasteiger charge is 2.42. The van der Waals surface area contributed by atoms with Crippen molar-refractivity contribution in [2.45, 2.75) is 38.1 Å². The van der Waals surface area contributed by atoms with Crippen LogP contribution in [0.3, 0.4) is 0 Å². The fourth-order valence-corrected chi connectivity index (χ4v) is 3.46. The molecule has 3 atom stereocenters. The second-order valence-electron chi connectivity index (χ2n) is 6.05. The SMILES string of the molecule is CC[C@H](C(=O)NO)[C@H](C(=O)N1CCC[C@H]1C(=O)O)c1ccc(Cl)cc1. The smallest absolute Gasteiger partial charge is 0.326 e. The lowest BCUT2D eigenvalue weighted by Crippen LogP contribution is -2.46. The van der Waals surface area contributed by atoms with E-state index < -0.39 is 35.7 Å². The number of rotatable bonds is 6. The Morgan fingerprint density at radius 2 is 1.96 bits per heavy atom. The molecule has 0 spiro atoms. The Morgan fingerprint density at radius 1 is 1.32 bits per heavy atom. The van der Waals surface area contributed by atoms with E-state index in [1.165, 1.54) is 4.90 Å². The first kappa shape index (κ1) is 19.2. The van der Waals surface area contributed by atoms with E-state index in [2.05, 4.69) is 0 Å². The third-order valence-electron chi connectivity index (χ3n) is 4.61. The zero-order valence-electron chi connectivity index (χ0n) is 13.8. The standard InChI is InChI=1S/C17H21ClN2O5/c1-2-12(15(21)19-25)14(10-5-7-11(18)8-6-10)16(22)20-9-3-4-13(20)17(23)24/h5-8,12-14,25H,2-4,9H2,1H3,(H,19,21)(H,23,24)/t12-,13-,14+/m0/s1. The second kappa shape index (κ2) is 8.31. The molecule has 1 aliphatic rings. The summed E-state index contributed by atoms with van der Waals surface area (Å²) in [4.78, 5) is 38.0. The van der Waals surface area contributed by atoms with Crippen LogP contribution in [0.15, 0.2) is 24.3 Å². The van der Waals surface area contributed by atoms with E-state index in [1.807, 2.05) is 0 Å². The first-order valence-electron chi connectivity index (χ1n) is 8.13. The van der Waals surface area contributed by atoms with Crippen LogP contribution in [0.1, 0.15) is 37.7 Å². The van der Waals surface area contributed by atoms with Gasteiger partial charge in [0.1, 0.15) is 6.04 Å². The molecule has 0 unspecified atom stereocenters. The summed E-state index contributed by atoms with van der Waals surface area (Å²) in [5.41, 5.74) is 2.16. The Labute approximate surface area is 150 Å². The number of nitrogens with zero attached hydrogens (tertiary/aromatic N) is 1. The van der Waals surface area contributed by atoms with E-state index in [-0.39, 0.29) is 0 Å². The van der Waals surface area contributed by atoms with Gasteiger partial charge in [-0.05, 0) is 37.0 Å². The van der Waals surface area contributed by atoms with E-state index in [1.54, 1.807) is 36.7 Å². The van der Waals surface area contributed by atoms with E-state index >= 15 is 0 Å². The normalized spacial score (nSPS) is 19.3. The molecular formula is C17H21ClN2O5. The Kier molecular flexibility index (Phi) is 6.39. The van der Waals surface area contributed by atoms with E-state index in [9.17, 15) is 19.5 Å². The number of amides is 2. The topological polar surface area (TPSA) is 107 Å². The summed E-state index contributed by atoms with van der Waals surface area (Å²) in [6.07, 6.45) is 1.29. The fraction of sp³-hybridized carbons (Fsp3) is 0.471. The molecule has 0 aliphatic carbocycles. The van der Waals surface area contributed by atoms with Gasteiger partial charge in [-0.1, -0.05) is 30.7 Å². The van der Waals surface area contributed by atoms with Crippen LogP contribution in [-0.4, -0.2) is 45.6 Å². The van der Waals surface area contributed by atoms with Gasteiger partial charge in [0.05, 0.1) is 11.8 Å². The van der Waals surface area contributed by atoms with Gasteiger partial charge < -0.3 is 10.0 Å². The van der Waals surface area contributed by atoms with Gasteiger partial charge in [-0.3, -0.25) is 14.8 Å². The maximum Gasteiger partial charge on any atom is 0.326 e. The summed E-state index contributed by atoms with van der Waals surface area (Å²) in [7, 11) is 0. The molecule has 1 aromatic carbocycles. The quantitative estimate of drug-likeness (QED) is 0.526. The maximum atomic E-state index is 13.1. The number of carbonyl (C=O) groups is 3. The average Bonchev–Trinajstić information content (AvgIpc) is 3.09. The van der Waals surface area contributed by atoms with Gasteiger partial charge in [-0.25, -0.2) is 10.3 Å². The number of hydrogen-bond donors (Lipinski definition) is 3. The van der Waals surface area contributed by atoms with E-state index in [0.29, 0.717) is 36.4 Å². The van der Waals surface area contributed by atoms with Crippen LogP contribution in [0.25, 0.3) is 0 Å². The molecule has 3 N–H and O–H groups in total. The lowest BCUT2D eigenvalue weighted by Gasteiger charge is -2.30. The van der Waals surface area contributed by atoms with Crippen molar-refractivity contribution >= 4 is 29.4 Å². The maximum absolute atomic E-state index is 13.1. The fourth-order valence-electron chi connectivity index (χ4n) is 3.34. The molecule has 136 valence electrons. The number of carboxylic acids is 1. The Bertz CT molecular complexity index is 649. The van der Waals surface area contributed by atoms with Crippen molar-refractivity contribution in [1.82, 2.24) is 10.4 Å². The lowest BCUT2D eigenvalue weighted by atomic mass is 9.82. The van der Waals surface area contributed by atoms with Gasteiger partial charge in [-0.2, -0.15) is 0 Å². The van der Waals surface area contributed by atoms with Crippen LogP contribution in [0.4, 0.5) is 0 Å². The van der Waals surface area contributed by atoms with Crippen molar-refractivity contribution in [3.8, 4) is 0 Å². The molecule has 1 saturated heterocycles. The summed E-state index contributed by atoms with van der Waals surface area (Å²) >= 11 is 5.90. The predicted octanol–water partition coefficient (Wildman–Crippen LogP) is 2.03. The summed E-state index contributed by atoms with van der Waals surface area (Å²) in [6, 6.07) is 5.62. The van der Waals surface area contributed by atoms with Gasteiger partial charge in [0.25, 0.3) is 0 Å². The van der Waals surface area contributed by atoms with Gasteiger partial charge in [0.15, 0.2) is 0 Å². The highest BCUT2D eigenvalue weighted by atomic mass is 35.5. The minimum absolute atomic E-state index is 0.303. The minimum atomic E-state index is -1.06. The number of carboxylic acid groups (broad SMARTS) is 1. The average molecular weight is 369 g/mol. The van der Waals surface area contributed by atoms with Crippen LogP contribution in [0, 0.1) is 5.92 Å². The summed E-state index contributed by atoms with van der Waals surface area (Å²) in [5.74, 6) is -3.88. The Balaban J connectivity index is 2.43. The minimum Gasteiger partial charge on any atom is -0.480 e. The van der Waals surface area contributed by atoms with Crippen LogP contribution in [0.2, 0.25) is 5.02 Å². The van der Waals surface area contributed by atoms with E-state index in [4.69, 9.17) is 16.8 Å². The first-order chi connectivity index (χ1) is 11.9. The van der Waals surface area contributed by atoms with Crippen molar-refractivity contribution in [2.75, 3.05) is 6.54 Å². The molecule has 0 bridgehead atoms. The molecule has 1 heterocycles. The van der Waals surface area contributed by atoms with Crippen LogP contribution in [0.5, 0.6) is 0 Å². The molecule has 7 nitrogen and oxygen atoms in total. The zero-order valence-corrected chi connectivity index (χ0v) is 14.6. The summed E-state index contributed by atoms with van der Waals surface area (Å²) < 4.78 is 0. The number of likely N-dealkylation sites (tertiary alicyclic amines) is 1. The number of hydrogen-bond acceptors (Lipinski definition) is 4. The molecule has 8 heteroatoms. The highest BCUT2D eigenvalue weighted by Crippen LogP contribution is 2.33. The van der Waals surface area contributed by atoms with Crippen LogP contribution in [-0.2, 0) is 14.4 Å². The largest absolute Gasteiger partial charge is 0.480 e. The third kappa shape index (κ3) is 4.11. The van der Waals surface area contributed by atoms with Crippen molar-refractivity contribution in [2.24, 2.45) is 5.92 Å². The lowest BCUT2D eigenvalue weighted by molar-refractivity contribution is -0.150. The molecule has 1 aromatic rings. The van der Waals surface area contributed by atoms with Crippen molar-refractivity contribution < 1.29 is 24.7 Å². The molecule has 2 rings (SSSR count). The number of benzene rings is 1. The van der Waals surface area contributed by atoms with Gasteiger partial charge in [-0.15, -0.1) is 0 Å². The predicted molar refractivity (Wildman–Crippen MR) is 90.3 cm³/mol. The molecule has 1 fully saturated rings. The number of carbonyl (C=O) groups excluding carboxylic acids is 2. The monoisotopic (exact) mass is 368 g/mol. The van der Waals surface area contributed by atoms with Gasteiger partial charge >= 0.3 is 5.97 Å². The third-order valence-corrected chi connectivity index (χ3v) is 4.86. The zero-order chi connectivity index (χ0) is 18.6. The van der Waals surface area contributed by atoms with Gasteiger partial charge in [0.2, 0.25) is 11.8 Å². The first-order valence-corrected chi connectivity index (χ1v) is 8.51. The van der Waals surface area contributed by atoms with Crippen LogP contribution < -0.4 is 5.48 Å². The highest BCUT2D eigenvalue weighted by molar-refractivity contribution is 6.30. The second-order valence-corrected chi connectivity index (χ2v) is 6.48. The number of halogens is 1. The van der Waals surface area contributed by atoms with E-state index in [0.717, 1.165) is 0 Å². The molecule has 0 radical (unpaired) electrons. The molecule has 0 saturated carbocycles.